The number of carbonyl (C=O) groups is 2. The molecule has 0 N–H and O–H groups in total. The van der Waals surface area contributed by atoms with Gasteiger partial charge in [0.1, 0.15) is 11.6 Å². The first-order valence-electron chi connectivity index (χ1n) is 8.85. The van der Waals surface area contributed by atoms with Gasteiger partial charge in [0.2, 0.25) is 0 Å². The van der Waals surface area contributed by atoms with Gasteiger partial charge in [0.15, 0.2) is 0 Å². The Labute approximate surface area is 165 Å². The van der Waals surface area contributed by atoms with Gasteiger partial charge in [-0.15, -0.1) is 0 Å². The van der Waals surface area contributed by atoms with Crippen molar-refractivity contribution in [1.82, 2.24) is 8.61 Å². The van der Waals surface area contributed by atoms with Gasteiger partial charge >= 0.3 is 22.3 Å². The fraction of sp³-hybridized carbons (Fsp3) is 0.474. The molecular formula is C19H26N2O6S. The Hall–Kier alpha value is -2.39. The van der Waals surface area contributed by atoms with Crippen LogP contribution < -0.4 is 0 Å². The van der Waals surface area contributed by atoms with Crippen LogP contribution in [0.25, 0.3) is 0 Å². The number of methoxy groups -OCH3 is 1. The quantitative estimate of drug-likeness (QED) is 0.558. The minimum Gasteiger partial charge on any atom is -0.468 e. The minimum absolute atomic E-state index is 0.0613. The topological polar surface area (TPSA) is 93.2 Å². The number of hydrogen-bond donors (Lipinski definition) is 0. The van der Waals surface area contributed by atoms with Crippen LogP contribution in [0.2, 0.25) is 0 Å². The summed E-state index contributed by atoms with van der Waals surface area (Å²) < 4.78 is 38.1. The number of carbonyl (C=O) groups excluding carboxylic acids is 2. The second-order valence-electron chi connectivity index (χ2n) is 7.29. The number of hydrogen-bond acceptors (Lipinski definition) is 6. The Kier molecular flexibility index (Phi) is 6.84. The van der Waals surface area contributed by atoms with E-state index >= 15 is 0 Å². The van der Waals surface area contributed by atoms with Crippen molar-refractivity contribution in [1.29, 1.82) is 0 Å². The molecule has 1 aliphatic rings. The van der Waals surface area contributed by atoms with Crippen LogP contribution in [0.1, 0.15) is 26.3 Å². The summed E-state index contributed by atoms with van der Waals surface area (Å²) in [5.41, 5.74) is -0.0932. The maximum Gasteiger partial charge on any atom is 0.425 e. The minimum atomic E-state index is -4.32. The number of ether oxygens (including phenoxy) is 2. The molecular weight excluding hydrogens is 384 g/mol. The van der Waals surface area contributed by atoms with Gasteiger partial charge in [-0.25, -0.2) is 4.79 Å². The van der Waals surface area contributed by atoms with Crippen molar-refractivity contribution in [2.45, 2.75) is 38.8 Å². The molecule has 0 saturated carbocycles. The molecule has 9 heteroatoms. The average molecular weight is 410 g/mol. The van der Waals surface area contributed by atoms with Crippen LogP contribution in [0.15, 0.2) is 42.5 Å². The lowest BCUT2D eigenvalue weighted by atomic mass is 10.1. The highest BCUT2D eigenvalue weighted by atomic mass is 32.2. The predicted octanol–water partition coefficient (Wildman–Crippen LogP) is 2.12. The fourth-order valence-electron chi connectivity index (χ4n) is 2.71. The van der Waals surface area contributed by atoms with Crippen molar-refractivity contribution in [3.8, 4) is 0 Å². The third-order valence-corrected chi connectivity index (χ3v) is 5.84. The molecule has 28 heavy (non-hydrogen) atoms. The van der Waals surface area contributed by atoms with Gasteiger partial charge in [-0.05, 0) is 32.8 Å². The molecule has 1 heterocycles. The molecule has 0 spiro atoms. The Morgan fingerprint density at radius 2 is 1.71 bits per heavy atom. The van der Waals surface area contributed by atoms with E-state index in [0.717, 1.165) is 9.87 Å². The van der Waals surface area contributed by atoms with Crippen LogP contribution >= 0.6 is 0 Å². The molecule has 154 valence electrons. The van der Waals surface area contributed by atoms with Crippen LogP contribution in [0.4, 0.5) is 4.79 Å². The first kappa shape index (κ1) is 21.9. The summed E-state index contributed by atoms with van der Waals surface area (Å²) in [5.74, 6) is -0.702. The number of esters is 1. The van der Waals surface area contributed by atoms with Crippen molar-refractivity contribution in [2.24, 2.45) is 0 Å². The van der Waals surface area contributed by atoms with Gasteiger partial charge in [0.25, 0.3) is 0 Å². The first-order valence-corrected chi connectivity index (χ1v) is 10.2. The molecule has 0 fully saturated rings. The van der Waals surface area contributed by atoms with E-state index < -0.39 is 33.9 Å². The number of nitrogens with zero attached hydrogens (tertiary/aromatic N) is 2. The van der Waals surface area contributed by atoms with E-state index in [1.54, 1.807) is 57.2 Å². The van der Waals surface area contributed by atoms with E-state index in [2.05, 4.69) is 0 Å². The highest BCUT2D eigenvalue weighted by molar-refractivity contribution is 7.87. The average Bonchev–Trinajstić information content (AvgIpc) is 2.76. The van der Waals surface area contributed by atoms with Crippen molar-refractivity contribution in [2.75, 3.05) is 20.2 Å². The van der Waals surface area contributed by atoms with Crippen LogP contribution in [0.5, 0.6) is 0 Å². The molecule has 0 saturated heterocycles. The fourth-order valence-corrected chi connectivity index (χ4v) is 4.22. The normalized spacial score (nSPS) is 18.2. The molecule has 1 atom stereocenters. The third-order valence-electron chi connectivity index (χ3n) is 3.99. The van der Waals surface area contributed by atoms with E-state index in [1.807, 2.05) is 6.07 Å². The van der Waals surface area contributed by atoms with Crippen LogP contribution in [-0.4, -0.2) is 60.9 Å². The maximum absolute atomic E-state index is 13.2. The smallest absolute Gasteiger partial charge is 0.425 e. The summed E-state index contributed by atoms with van der Waals surface area (Å²) in [5, 5.41) is 0. The van der Waals surface area contributed by atoms with E-state index in [9.17, 15) is 18.0 Å². The molecule has 1 aromatic rings. The molecule has 0 aliphatic carbocycles. The first-order chi connectivity index (χ1) is 13.1. The Morgan fingerprint density at radius 1 is 1.11 bits per heavy atom. The van der Waals surface area contributed by atoms with Crippen molar-refractivity contribution < 1.29 is 27.5 Å². The molecule has 1 unspecified atom stereocenters. The van der Waals surface area contributed by atoms with Crippen molar-refractivity contribution in [3.05, 3.63) is 48.0 Å². The zero-order valence-electron chi connectivity index (χ0n) is 16.5. The van der Waals surface area contributed by atoms with Gasteiger partial charge < -0.3 is 9.47 Å². The van der Waals surface area contributed by atoms with Crippen molar-refractivity contribution in [3.63, 3.8) is 0 Å². The van der Waals surface area contributed by atoms with Gasteiger partial charge in [-0.2, -0.15) is 17.0 Å². The van der Waals surface area contributed by atoms with E-state index in [1.165, 1.54) is 7.11 Å². The second-order valence-corrected chi connectivity index (χ2v) is 9.09. The van der Waals surface area contributed by atoms with Crippen molar-refractivity contribution >= 4 is 22.3 Å². The summed E-state index contributed by atoms with van der Waals surface area (Å²) in [6, 6.07) is 7.89. The lowest BCUT2D eigenvalue weighted by molar-refractivity contribution is -0.145. The molecule has 0 bridgehead atoms. The molecule has 0 radical (unpaired) electrons. The second kappa shape index (κ2) is 8.74. The van der Waals surface area contributed by atoms with Gasteiger partial charge in [-0.1, -0.05) is 42.5 Å². The summed E-state index contributed by atoms with van der Waals surface area (Å²) >= 11 is 0. The standard InChI is InChI=1S/C19H26N2O6S/c1-19(2,3)27-18(23)21-13-9-8-12-20(28(21,24)25)16(17(22)26-4)14-15-10-6-5-7-11-15/h5-11,16H,12-14H2,1-4H3. The zero-order valence-corrected chi connectivity index (χ0v) is 17.3. The molecule has 2 rings (SSSR count). The van der Waals surface area contributed by atoms with Crippen LogP contribution in [-0.2, 0) is 30.9 Å². The lowest BCUT2D eigenvalue weighted by Crippen LogP contribution is -2.53. The number of rotatable bonds is 4. The third kappa shape index (κ3) is 5.32. The largest absolute Gasteiger partial charge is 0.468 e. The SMILES string of the molecule is COC(=O)C(Cc1ccccc1)N1CC=CCN(C(=O)OC(C)(C)C)S1(=O)=O. The summed E-state index contributed by atoms with van der Waals surface area (Å²) in [6.45, 7) is 4.71. The molecule has 1 amide bonds. The lowest BCUT2D eigenvalue weighted by Gasteiger charge is -2.32. The molecule has 8 nitrogen and oxygen atoms in total. The maximum atomic E-state index is 13.2. The predicted molar refractivity (Wildman–Crippen MR) is 104 cm³/mol. The monoisotopic (exact) mass is 410 g/mol. The van der Waals surface area contributed by atoms with E-state index in [-0.39, 0.29) is 19.5 Å². The van der Waals surface area contributed by atoms with E-state index in [0.29, 0.717) is 4.31 Å². The van der Waals surface area contributed by atoms with Gasteiger partial charge in [0, 0.05) is 6.54 Å². The number of benzene rings is 1. The Morgan fingerprint density at radius 3 is 2.29 bits per heavy atom. The summed E-state index contributed by atoms with van der Waals surface area (Å²) in [7, 11) is -3.12. The Bertz CT molecular complexity index is 830. The van der Waals surface area contributed by atoms with Gasteiger partial charge in [-0.3, -0.25) is 4.79 Å². The van der Waals surface area contributed by atoms with Crippen LogP contribution in [0.3, 0.4) is 0 Å². The highest BCUT2D eigenvalue weighted by Gasteiger charge is 2.42. The highest BCUT2D eigenvalue weighted by Crippen LogP contribution is 2.22. The molecule has 1 aliphatic heterocycles. The zero-order chi connectivity index (χ0) is 20.9. The Balaban J connectivity index is 2.39. The summed E-state index contributed by atoms with van der Waals surface area (Å²) in [4.78, 5) is 24.9. The van der Waals surface area contributed by atoms with Crippen LogP contribution in [0, 0.1) is 0 Å². The number of amides is 1. The summed E-state index contributed by atoms with van der Waals surface area (Å²) in [6.07, 6.45) is 2.27. The van der Waals surface area contributed by atoms with Gasteiger partial charge in [0.05, 0.1) is 13.7 Å². The molecule has 0 aromatic heterocycles. The van der Waals surface area contributed by atoms with E-state index in [4.69, 9.17) is 9.47 Å². The molecule has 1 aromatic carbocycles.